The summed E-state index contributed by atoms with van der Waals surface area (Å²) < 4.78 is 0. The average molecular weight is 1970 g/mol. The first-order chi connectivity index (χ1) is 66.2. The van der Waals surface area contributed by atoms with Crippen molar-refractivity contribution >= 4 is 118 Å². The van der Waals surface area contributed by atoms with Gasteiger partial charge >= 0.3 is 5.97 Å². The lowest BCUT2D eigenvalue weighted by molar-refractivity contribution is -0.142. The van der Waals surface area contributed by atoms with Crippen molar-refractivity contribution in [1.82, 2.24) is 115 Å². The third kappa shape index (κ3) is 43.5. The first-order valence-corrected chi connectivity index (χ1v) is 47.2. The second kappa shape index (κ2) is 62.0. The number of H-pyrrole nitrogens is 3. The summed E-state index contributed by atoms with van der Waals surface area (Å²) in [5, 5.41) is 98.1. The number of aromatic amines is 3. The average Bonchev–Trinajstić information content (AvgIpc) is 1.71. The van der Waals surface area contributed by atoms with Crippen LogP contribution < -0.4 is 119 Å². The van der Waals surface area contributed by atoms with E-state index in [-0.39, 0.29) is 144 Å². The number of hydrogen-bond acceptors (Lipinski definition) is 28. The van der Waals surface area contributed by atoms with Crippen molar-refractivity contribution in [3.8, 4) is 5.75 Å². The molecule has 3 aromatic heterocycles. The maximum absolute atomic E-state index is 14.9. The number of carboxylic acids is 1. The zero-order valence-electron chi connectivity index (χ0n) is 78.6. The Bertz CT molecular complexity index is 4750. The van der Waals surface area contributed by atoms with Gasteiger partial charge < -0.3 is 155 Å². The minimum absolute atomic E-state index is 0.000700. The summed E-state index contributed by atoms with van der Waals surface area (Å²) in [6.07, 6.45) is 8.42. The molecule has 15 atom stereocenters. The van der Waals surface area contributed by atoms with E-state index in [2.05, 4.69) is 115 Å². The molecular weight excluding hydrogens is 1830 g/mol. The number of hydrogen-bond donors (Lipinski definition) is 31. The Morgan fingerprint density at radius 2 is 0.676 bits per heavy atom. The number of aliphatic hydroxyl groups excluding tert-OH is 2. The number of rotatable bonds is 67. The number of benzene rings is 2. The van der Waals surface area contributed by atoms with Crippen molar-refractivity contribution in [2.75, 3.05) is 51.4 Å². The molecule has 0 radical (unpaired) electrons. The van der Waals surface area contributed by atoms with Crippen LogP contribution in [0.5, 0.6) is 5.75 Å². The highest BCUT2D eigenvalue weighted by Crippen LogP contribution is 2.18. The number of aliphatic hydroxyl groups is 2. The minimum atomic E-state index is -1.88. The number of primary amides is 1. The molecule has 15 amide bonds. The smallest absolute Gasteiger partial charge is 0.326 e. The van der Waals surface area contributed by atoms with Crippen molar-refractivity contribution in [3.05, 3.63) is 120 Å². The Hall–Kier alpha value is -13.9. The van der Waals surface area contributed by atoms with Crippen molar-refractivity contribution in [3.63, 3.8) is 0 Å². The molecule has 0 saturated carbocycles. The van der Waals surface area contributed by atoms with Crippen LogP contribution in [0.2, 0.25) is 0 Å². The lowest BCUT2D eigenvalue weighted by atomic mass is 10.00. The van der Waals surface area contributed by atoms with Gasteiger partial charge in [0.25, 0.3) is 0 Å². The molecule has 0 bridgehead atoms. The predicted molar refractivity (Wildman–Crippen MR) is 510 cm³/mol. The number of nitrogens with two attached hydrogens (primary N) is 6. The van der Waals surface area contributed by atoms with Crippen molar-refractivity contribution in [1.29, 1.82) is 10.8 Å². The number of nitrogens with one attached hydrogen (secondary N) is 21. The van der Waals surface area contributed by atoms with Crippen LogP contribution in [-0.2, 0) is 109 Å². The topological polar surface area (TPSA) is 836 Å². The fraction of sp³-hybridized carbons (Fsp3) is 0.557. The van der Waals surface area contributed by atoms with E-state index in [0.29, 0.717) is 36.1 Å². The largest absolute Gasteiger partial charge is 0.508 e. The lowest BCUT2D eigenvalue weighted by Crippen LogP contribution is -2.62. The highest BCUT2D eigenvalue weighted by atomic mass is 32.2. The maximum Gasteiger partial charge on any atom is 0.326 e. The fourth-order valence-corrected chi connectivity index (χ4v) is 14.7. The molecule has 139 heavy (non-hydrogen) atoms. The first kappa shape index (κ1) is 116. The summed E-state index contributed by atoms with van der Waals surface area (Å²) in [4.78, 5) is 249. The van der Waals surface area contributed by atoms with Gasteiger partial charge in [-0.2, -0.15) is 11.8 Å². The van der Waals surface area contributed by atoms with Gasteiger partial charge in [0.2, 0.25) is 88.6 Å². The number of thioether (sulfide) groups is 1. The van der Waals surface area contributed by atoms with Crippen LogP contribution in [0.15, 0.2) is 92.2 Å². The van der Waals surface area contributed by atoms with Crippen molar-refractivity contribution in [2.45, 2.75) is 247 Å². The number of aromatic hydroxyl groups is 1. The van der Waals surface area contributed by atoms with Crippen LogP contribution >= 0.6 is 11.8 Å². The SMILES string of the molecule is CSCC[C@H](NC(=O)[C@H](CCC(N)=O)NC(=O)[C@H](CC(C)C)NC(=O)[C@H](Cc1c[nH]cn1)NC(=O)[C@H](CO)NC(=O)[C@H](CC(C)C)NC(=O)[C@H](CCCCN)NC(=O)[C@H](Cc1ccccc1)NC(=O)[C@H](Cc1ccc(O)cc1)NC(=O)[C@@H](N)CCCNC(=N)N)C(=O)N[C@@H](Cc1c[nH]cn1)C(=O)N[C@@H](CO)C(=O)N[C@@H](CCCNC(=N)N)C(=O)N[C@@H](CCCCN)C(=O)N[C@@H](Cc1c[nH]cn1)C(=O)O. The summed E-state index contributed by atoms with van der Waals surface area (Å²) in [6.45, 7) is 5.21. The van der Waals surface area contributed by atoms with E-state index in [9.17, 15) is 97.1 Å². The summed E-state index contributed by atoms with van der Waals surface area (Å²) in [5.41, 5.74) is 36.1. The van der Waals surface area contributed by atoms with Crippen LogP contribution in [0.3, 0.4) is 0 Å². The molecule has 0 unspecified atom stereocenters. The molecule has 51 heteroatoms. The Labute approximate surface area is 807 Å². The Kier molecular flexibility index (Phi) is 51.6. The standard InChI is InChI=1S/C88H138N30O20S/c1-48(2)33-62(78(129)108-60(25-26-71(92)122)76(127)109-61(27-32-139-5)77(128)114-67(38-53-41-98-46-103-53)83(134)118-69(43-119)84(135)107-59(20-14-31-101-88(95)96)73(124)105-58(19-10-12-29-90)75(126)116-68(86(137)138)39-54-42-99-47-104-54)112-82(133)66(37-52-40-97-45-102-52)115-85(136)70(44-120)117-79(130)63(34-49(3)4)111-74(125)57(18-9-11-28-89)106-80(131)65(35-50-15-7-6-8-16-50)113-81(132)64(36-51-21-23-55(121)24-22-51)110-72(123)56(91)17-13-30-100-87(93)94/h6-8,15-16,21-24,40-42,45-49,56-70,119-121H,9-14,17-20,25-39,43-44,89-91H2,1-5H3,(H2,92,122)(H,97,102)(H,98,103)(H,99,104)(H,105,124)(H,106,131)(H,107,135)(H,108,129)(H,109,127)(H,110,123)(H,111,125)(H,112,133)(H,113,132)(H,114,128)(H,115,136)(H,116,126)(H,117,130)(H,118,134)(H,137,138)(H4,93,94,100)(H4,95,96,101)/t56-,57-,58-,59-,60-,61-,62-,63-,64-,65-,66-,67-,68-,69-,70-/m0/s1. The normalized spacial score (nSPS) is 14.4. The number of amides is 15. The molecule has 766 valence electrons. The number of carbonyl (C=O) groups excluding carboxylic acids is 15. The number of phenolic OH excluding ortho intramolecular Hbond substituents is 1. The second-order valence-corrected chi connectivity index (χ2v) is 35.1. The monoisotopic (exact) mass is 1970 g/mol. The highest BCUT2D eigenvalue weighted by Gasteiger charge is 2.40. The minimum Gasteiger partial charge on any atom is -0.508 e. The zero-order chi connectivity index (χ0) is 103. The van der Waals surface area contributed by atoms with E-state index in [0.717, 1.165) is 0 Å². The highest BCUT2D eigenvalue weighted by molar-refractivity contribution is 7.98. The van der Waals surface area contributed by atoms with Crippen LogP contribution in [0.4, 0.5) is 0 Å². The van der Waals surface area contributed by atoms with E-state index in [1.165, 1.54) is 73.6 Å². The molecule has 0 saturated heterocycles. The predicted octanol–water partition coefficient (Wildman–Crippen LogP) is -6.85. The van der Waals surface area contributed by atoms with Gasteiger partial charge in [0.15, 0.2) is 11.9 Å². The van der Waals surface area contributed by atoms with E-state index in [4.69, 9.17) is 45.2 Å². The third-order valence-corrected chi connectivity index (χ3v) is 22.3. The van der Waals surface area contributed by atoms with Gasteiger partial charge in [-0.3, -0.25) is 82.7 Å². The lowest BCUT2D eigenvalue weighted by Gasteiger charge is -2.29. The molecule has 0 aliphatic rings. The van der Waals surface area contributed by atoms with Gasteiger partial charge in [-0.1, -0.05) is 70.2 Å². The van der Waals surface area contributed by atoms with E-state index >= 15 is 0 Å². The summed E-state index contributed by atoms with van der Waals surface area (Å²) in [6, 6.07) is -8.86. The quantitative estimate of drug-likeness (QED) is 0.00977. The summed E-state index contributed by atoms with van der Waals surface area (Å²) in [7, 11) is 0. The van der Waals surface area contributed by atoms with Crippen LogP contribution in [-0.4, -0.2) is 299 Å². The number of phenols is 1. The number of aromatic nitrogens is 6. The first-order valence-electron chi connectivity index (χ1n) is 45.8. The van der Waals surface area contributed by atoms with Gasteiger partial charge in [-0.05, 0) is 150 Å². The van der Waals surface area contributed by atoms with Crippen molar-refractivity contribution in [2.24, 2.45) is 46.2 Å². The fourth-order valence-electron chi connectivity index (χ4n) is 14.3. The van der Waals surface area contributed by atoms with Gasteiger partial charge in [0.05, 0.1) is 55.3 Å². The van der Waals surface area contributed by atoms with Gasteiger partial charge in [-0.15, -0.1) is 0 Å². The van der Waals surface area contributed by atoms with Gasteiger partial charge in [-0.25, -0.2) is 19.7 Å². The maximum atomic E-state index is 14.9. The molecule has 0 fully saturated rings. The van der Waals surface area contributed by atoms with Gasteiger partial charge in [0.1, 0.15) is 90.3 Å². The number of guanidine groups is 2. The Morgan fingerprint density at radius 3 is 1.02 bits per heavy atom. The number of carbonyl (C=O) groups is 16. The van der Waals surface area contributed by atoms with Crippen molar-refractivity contribution < 1.29 is 97.1 Å². The van der Waals surface area contributed by atoms with Gasteiger partial charge in [0, 0.05) is 70.2 Å². The van der Waals surface area contributed by atoms with E-state index in [1.807, 2.05) is 0 Å². The number of carboxylic acid groups (broad SMARTS) is 1. The summed E-state index contributed by atoms with van der Waals surface area (Å²) >= 11 is 1.24. The van der Waals surface area contributed by atoms with E-state index < -0.39 is 236 Å². The summed E-state index contributed by atoms with van der Waals surface area (Å²) in [5.74, 6) is -17.5. The molecule has 0 aliphatic heterocycles. The van der Waals surface area contributed by atoms with Crippen LogP contribution in [0.25, 0.3) is 0 Å². The molecule has 50 nitrogen and oxygen atoms in total. The molecule has 2 aromatic carbocycles. The number of aliphatic carboxylic acids is 1. The number of imidazole rings is 3. The molecular formula is C88H138N30O20S. The molecule has 3 heterocycles. The zero-order valence-corrected chi connectivity index (χ0v) is 79.4. The van der Waals surface area contributed by atoms with Crippen LogP contribution in [0.1, 0.15) is 152 Å². The Morgan fingerprint density at radius 1 is 0.374 bits per heavy atom. The molecule has 5 aromatic rings. The Balaban J connectivity index is 1.36. The van der Waals surface area contributed by atoms with E-state index in [1.54, 1.807) is 64.3 Å². The second-order valence-electron chi connectivity index (χ2n) is 34.1. The molecule has 0 aliphatic carbocycles. The number of nitrogens with zero attached hydrogens (tertiary/aromatic N) is 3. The molecule has 0 spiro atoms. The molecule has 37 N–H and O–H groups in total. The molecule has 5 rings (SSSR count). The van der Waals surface area contributed by atoms with Crippen LogP contribution in [0, 0.1) is 22.7 Å². The number of unbranched alkanes of at least 4 members (excludes halogenated alkanes) is 2. The third-order valence-electron chi connectivity index (χ3n) is 21.7.